The van der Waals surface area contributed by atoms with E-state index in [9.17, 15) is 25.3 Å². The number of ether oxygens (including phenoxy) is 1. The van der Waals surface area contributed by atoms with Crippen LogP contribution in [0.15, 0.2) is 11.6 Å². The van der Waals surface area contributed by atoms with E-state index in [1.54, 1.807) is 0 Å². The number of carbonyl (C=O) groups excluding carboxylic acids is 1. The van der Waals surface area contributed by atoms with Gasteiger partial charge in [0, 0.05) is 21.6 Å². The van der Waals surface area contributed by atoms with Crippen LogP contribution >= 0.6 is 0 Å². The van der Waals surface area contributed by atoms with Crippen molar-refractivity contribution in [3.05, 3.63) is 16.9 Å². The maximum atomic E-state index is 12.6. The molecule has 0 aromatic heterocycles. The lowest BCUT2D eigenvalue weighted by atomic mass is 9.85. The SMILES string of the molecule is [2H]C([2H])([2H])C([2H])(C([2H])([2H])[2H])[C@](O)(C(=O)OCC1=CC[N+]2([O-])CC[C@@H](O)[C@@H]12)C(C)O. The van der Waals surface area contributed by atoms with Crippen molar-refractivity contribution in [2.75, 3.05) is 19.7 Å². The molecule has 126 valence electrons. The minimum Gasteiger partial charge on any atom is -0.632 e. The molecule has 0 bridgehead atoms. The number of nitrogens with zero attached hydrogens (tertiary/aromatic N) is 1. The lowest BCUT2D eigenvalue weighted by molar-refractivity contribution is -0.877. The molecular formula is C15H25NO6. The molecule has 0 aliphatic carbocycles. The Kier molecular flexibility index (Phi) is 2.68. The Labute approximate surface area is 139 Å². The number of aliphatic hydroxyl groups excluding tert-OH is 2. The topological polar surface area (TPSA) is 110 Å². The molecule has 2 aliphatic heterocycles. The highest BCUT2D eigenvalue weighted by atomic mass is 16.6. The van der Waals surface area contributed by atoms with Gasteiger partial charge in [-0.3, -0.25) is 0 Å². The Morgan fingerprint density at radius 2 is 2.41 bits per heavy atom. The zero-order valence-electron chi connectivity index (χ0n) is 19.2. The molecule has 0 spiro atoms. The number of hydrogen-bond acceptors (Lipinski definition) is 6. The van der Waals surface area contributed by atoms with Crippen LogP contribution in [0, 0.1) is 11.1 Å². The van der Waals surface area contributed by atoms with Crippen LogP contribution < -0.4 is 0 Å². The Bertz CT molecular complexity index is 680. The number of esters is 1. The molecule has 0 aromatic rings. The average Bonchev–Trinajstić information content (AvgIpc) is 3.05. The fourth-order valence-electron chi connectivity index (χ4n) is 2.99. The van der Waals surface area contributed by atoms with E-state index in [1.165, 1.54) is 6.08 Å². The van der Waals surface area contributed by atoms with Crippen molar-refractivity contribution >= 4 is 5.97 Å². The third-order valence-corrected chi connectivity index (χ3v) is 4.38. The summed E-state index contributed by atoms with van der Waals surface area (Å²) in [5.74, 6) is -5.62. The maximum absolute atomic E-state index is 12.6. The molecule has 2 heterocycles. The first-order valence-corrected chi connectivity index (χ1v) is 6.96. The van der Waals surface area contributed by atoms with Crippen LogP contribution in [0.4, 0.5) is 0 Å². The number of aliphatic hydroxyl groups is 3. The van der Waals surface area contributed by atoms with E-state index in [4.69, 9.17) is 14.3 Å². The van der Waals surface area contributed by atoms with Crippen molar-refractivity contribution in [1.82, 2.24) is 0 Å². The average molecular weight is 322 g/mol. The summed E-state index contributed by atoms with van der Waals surface area (Å²) in [6, 6.07) is -0.895. The maximum Gasteiger partial charge on any atom is 0.341 e. The molecule has 1 fully saturated rings. The molecule has 1 saturated heterocycles. The number of hydroxylamine groups is 3. The van der Waals surface area contributed by atoms with Crippen molar-refractivity contribution in [1.29, 1.82) is 0 Å². The molecule has 22 heavy (non-hydrogen) atoms. The van der Waals surface area contributed by atoms with Gasteiger partial charge in [0.05, 0.1) is 19.2 Å². The third-order valence-electron chi connectivity index (χ3n) is 4.38. The predicted molar refractivity (Wildman–Crippen MR) is 78.3 cm³/mol. The lowest BCUT2D eigenvalue weighted by Crippen LogP contribution is -2.53. The lowest BCUT2D eigenvalue weighted by Gasteiger charge is -2.40. The molecule has 7 heteroatoms. The van der Waals surface area contributed by atoms with Crippen molar-refractivity contribution < 1.29 is 39.1 Å². The largest absolute Gasteiger partial charge is 0.632 e. The zero-order chi connectivity index (χ0) is 22.6. The van der Waals surface area contributed by atoms with Gasteiger partial charge in [0.15, 0.2) is 5.60 Å². The molecule has 5 atom stereocenters. The summed E-state index contributed by atoms with van der Waals surface area (Å²) in [6.45, 7) is -7.06. The van der Waals surface area contributed by atoms with Crippen molar-refractivity contribution in [2.24, 2.45) is 5.89 Å². The van der Waals surface area contributed by atoms with Gasteiger partial charge in [-0.1, -0.05) is 13.7 Å². The molecule has 0 amide bonds. The Morgan fingerprint density at radius 3 is 3.00 bits per heavy atom. The normalized spacial score (nSPS) is 41.3. The zero-order valence-corrected chi connectivity index (χ0v) is 12.2. The van der Waals surface area contributed by atoms with Crippen LogP contribution in [-0.2, 0) is 9.53 Å². The van der Waals surface area contributed by atoms with Crippen LogP contribution in [-0.4, -0.2) is 69.5 Å². The summed E-state index contributed by atoms with van der Waals surface area (Å²) < 4.78 is 56.9. The first-order chi connectivity index (χ1) is 12.9. The van der Waals surface area contributed by atoms with E-state index < -0.39 is 60.7 Å². The highest BCUT2D eigenvalue weighted by Crippen LogP contribution is 2.36. The van der Waals surface area contributed by atoms with Gasteiger partial charge in [-0.2, -0.15) is 0 Å². The van der Waals surface area contributed by atoms with E-state index in [0.717, 1.165) is 6.92 Å². The fourth-order valence-corrected chi connectivity index (χ4v) is 2.99. The van der Waals surface area contributed by atoms with Crippen LogP contribution in [0.5, 0.6) is 0 Å². The quantitative estimate of drug-likeness (QED) is 0.277. The molecule has 0 aromatic carbocycles. The summed E-state index contributed by atoms with van der Waals surface area (Å²) in [5, 5.41) is 43.3. The number of fused-ring (bicyclic) bond motifs is 1. The summed E-state index contributed by atoms with van der Waals surface area (Å²) in [5.41, 5.74) is -3.38. The molecule has 0 saturated carbocycles. The Balaban J connectivity index is 2.32. The summed E-state index contributed by atoms with van der Waals surface area (Å²) in [6.07, 6.45) is -1.56. The molecular weight excluding hydrogens is 290 g/mol. The summed E-state index contributed by atoms with van der Waals surface area (Å²) in [7, 11) is 0. The molecule has 0 radical (unpaired) electrons. The van der Waals surface area contributed by atoms with Crippen molar-refractivity contribution in [3.8, 4) is 0 Å². The number of carbonyl (C=O) groups is 1. The molecule has 2 unspecified atom stereocenters. The second-order valence-corrected chi connectivity index (χ2v) is 5.83. The fraction of sp³-hybridized carbons (Fsp3) is 0.800. The van der Waals surface area contributed by atoms with Crippen molar-refractivity contribution in [2.45, 2.75) is 50.9 Å². The Hall–Kier alpha value is -0.990. The third kappa shape index (κ3) is 2.68. The Morgan fingerprint density at radius 1 is 1.73 bits per heavy atom. The van der Waals surface area contributed by atoms with Crippen LogP contribution in [0.1, 0.15) is 36.6 Å². The number of rotatable bonds is 5. The van der Waals surface area contributed by atoms with E-state index in [-0.39, 0.29) is 25.1 Å². The minimum atomic E-state index is -3.80. The number of quaternary nitrogens is 1. The standard InChI is InChI=1S/C15H25NO6/c1-9(2)15(20,10(3)17)14(19)22-8-11-4-6-16(21)7-5-12(18)13(11)16/h4,9-10,12-13,17-18,20H,5-8H2,1-3H3/t10?,12-,13-,15-,16?/m1/s1/i1D3,2D3,9D. The van der Waals surface area contributed by atoms with Crippen molar-refractivity contribution in [3.63, 3.8) is 0 Å². The number of hydrogen-bond donors (Lipinski definition) is 3. The van der Waals surface area contributed by atoms with E-state index in [0.29, 0.717) is 0 Å². The van der Waals surface area contributed by atoms with Gasteiger partial charge in [0.25, 0.3) is 0 Å². The van der Waals surface area contributed by atoms with Gasteiger partial charge in [-0.25, -0.2) is 4.79 Å². The highest BCUT2D eigenvalue weighted by molar-refractivity contribution is 5.80. The summed E-state index contributed by atoms with van der Waals surface area (Å²) >= 11 is 0. The van der Waals surface area contributed by atoms with Crippen LogP contribution in [0.2, 0.25) is 0 Å². The molecule has 2 rings (SSSR count). The monoisotopic (exact) mass is 322 g/mol. The smallest absolute Gasteiger partial charge is 0.341 e. The van der Waals surface area contributed by atoms with Gasteiger partial charge in [0.1, 0.15) is 18.8 Å². The first kappa shape index (κ1) is 10.00. The van der Waals surface area contributed by atoms with Crippen LogP contribution in [0.3, 0.4) is 0 Å². The van der Waals surface area contributed by atoms with Gasteiger partial charge >= 0.3 is 5.97 Å². The molecule has 3 N–H and O–H groups in total. The first-order valence-electron chi connectivity index (χ1n) is 10.5. The van der Waals surface area contributed by atoms with E-state index in [1.807, 2.05) is 0 Å². The predicted octanol–water partition coefficient (Wildman–Crippen LogP) is -0.315. The molecule has 7 nitrogen and oxygen atoms in total. The second kappa shape index (κ2) is 5.90. The second-order valence-electron chi connectivity index (χ2n) is 5.83. The van der Waals surface area contributed by atoms with Crippen LogP contribution in [0.25, 0.3) is 0 Å². The highest BCUT2D eigenvalue weighted by Gasteiger charge is 2.49. The summed E-state index contributed by atoms with van der Waals surface area (Å²) in [4.78, 5) is 12.6. The minimum absolute atomic E-state index is 0.0300. The van der Waals surface area contributed by atoms with Gasteiger partial charge in [-0.05, 0) is 18.9 Å². The van der Waals surface area contributed by atoms with Gasteiger partial charge in [-0.15, -0.1) is 0 Å². The van der Waals surface area contributed by atoms with Gasteiger partial charge < -0.3 is 29.9 Å². The van der Waals surface area contributed by atoms with Gasteiger partial charge in [0.2, 0.25) is 0 Å². The van der Waals surface area contributed by atoms with E-state index >= 15 is 0 Å². The van der Waals surface area contributed by atoms with E-state index in [2.05, 4.69) is 0 Å². The molecule has 2 aliphatic rings.